The van der Waals surface area contributed by atoms with Crippen LogP contribution in [0.1, 0.15) is 24.0 Å². The quantitative estimate of drug-likeness (QED) is 0.689. The first-order valence-corrected chi connectivity index (χ1v) is 9.45. The van der Waals surface area contributed by atoms with Crippen molar-refractivity contribution in [3.8, 4) is 11.5 Å². The average Bonchev–Trinajstić information content (AvgIpc) is 2.98. The van der Waals surface area contributed by atoms with Crippen molar-refractivity contribution in [1.82, 2.24) is 4.90 Å². The molecule has 0 aliphatic carbocycles. The molecule has 0 bridgehead atoms. The Hall–Kier alpha value is -1.46. The number of methoxy groups -OCH3 is 1. The van der Waals surface area contributed by atoms with E-state index in [9.17, 15) is 0 Å². The molecule has 6 heteroatoms. The molecule has 1 saturated heterocycles. The molecule has 0 radical (unpaired) electrons. The van der Waals surface area contributed by atoms with Crippen LogP contribution in [0.5, 0.6) is 11.5 Å². The molecule has 3 rings (SSSR count). The number of para-hydroxylation sites is 1. The monoisotopic (exact) mass is 426 g/mol. The fraction of sp³-hybridized carbons (Fsp3) is 0.455. The molecule has 0 amide bonds. The van der Waals surface area contributed by atoms with Gasteiger partial charge < -0.3 is 20.1 Å². The highest BCUT2D eigenvalue weighted by Crippen LogP contribution is 2.23. The van der Waals surface area contributed by atoms with E-state index in [1.165, 1.54) is 11.1 Å². The third kappa shape index (κ3) is 6.85. The molecule has 1 fully saturated rings. The lowest BCUT2D eigenvalue weighted by atomic mass is 10.0. The molecular formula is C22H32Cl2N2O2. The first-order valence-electron chi connectivity index (χ1n) is 9.45. The highest BCUT2D eigenvalue weighted by Gasteiger charge is 2.26. The third-order valence-corrected chi connectivity index (χ3v) is 5.22. The predicted octanol–water partition coefficient (Wildman–Crippen LogP) is 4.12. The molecule has 0 unspecified atom stereocenters. The Morgan fingerprint density at radius 2 is 1.86 bits per heavy atom. The second-order valence-electron chi connectivity index (χ2n) is 7.19. The zero-order valence-electron chi connectivity index (χ0n) is 16.7. The van der Waals surface area contributed by atoms with Crippen LogP contribution in [0.4, 0.5) is 0 Å². The second kappa shape index (κ2) is 12.2. The third-order valence-electron chi connectivity index (χ3n) is 5.22. The van der Waals surface area contributed by atoms with Gasteiger partial charge in [-0.25, -0.2) is 0 Å². The highest BCUT2D eigenvalue weighted by atomic mass is 35.5. The van der Waals surface area contributed by atoms with Gasteiger partial charge in [0.1, 0.15) is 11.5 Å². The zero-order chi connectivity index (χ0) is 18.4. The topological polar surface area (TPSA) is 47.7 Å². The largest absolute Gasteiger partial charge is 0.497 e. The molecule has 1 heterocycles. The van der Waals surface area contributed by atoms with Gasteiger partial charge in [-0.3, -0.25) is 0 Å². The summed E-state index contributed by atoms with van der Waals surface area (Å²) >= 11 is 0. The lowest BCUT2D eigenvalue weighted by molar-refractivity contribution is 0.232. The number of rotatable bonds is 8. The summed E-state index contributed by atoms with van der Waals surface area (Å²) in [7, 11) is 3.86. The van der Waals surface area contributed by atoms with Crippen LogP contribution in [0.3, 0.4) is 0 Å². The summed E-state index contributed by atoms with van der Waals surface area (Å²) in [5.41, 5.74) is 8.58. The lowest BCUT2D eigenvalue weighted by Crippen LogP contribution is -2.27. The van der Waals surface area contributed by atoms with E-state index in [-0.39, 0.29) is 24.8 Å². The first kappa shape index (κ1) is 24.6. The second-order valence-corrected chi connectivity index (χ2v) is 7.19. The Balaban J connectivity index is 0.00000196. The predicted molar refractivity (Wildman–Crippen MR) is 120 cm³/mol. The van der Waals surface area contributed by atoms with E-state index < -0.39 is 0 Å². The summed E-state index contributed by atoms with van der Waals surface area (Å²) in [6.45, 7) is 1.72. The maximum absolute atomic E-state index is 6.12. The maximum atomic E-state index is 6.12. The molecule has 1 aliphatic heterocycles. The Morgan fingerprint density at radius 1 is 1.07 bits per heavy atom. The number of hydrogen-bond donors (Lipinski definition) is 1. The van der Waals surface area contributed by atoms with Crippen molar-refractivity contribution in [3.05, 3.63) is 59.7 Å². The number of nitrogens with two attached hydrogens (primary N) is 1. The lowest BCUT2D eigenvalue weighted by Gasteiger charge is -2.19. The smallest absolute Gasteiger partial charge is 0.122 e. The van der Waals surface area contributed by atoms with E-state index >= 15 is 0 Å². The number of benzene rings is 2. The van der Waals surface area contributed by atoms with Gasteiger partial charge in [0.15, 0.2) is 0 Å². The highest BCUT2D eigenvalue weighted by molar-refractivity contribution is 5.85. The van der Waals surface area contributed by atoms with Crippen LogP contribution in [0.2, 0.25) is 0 Å². The molecule has 4 nitrogen and oxygen atoms in total. The van der Waals surface area contributed by atoms with Crippen molar-refractivity contribution < 1.29 is 9.47 Å². The van der Waals surface area contributed by atoms with E-state index in [2.05, 4.69) is 42.3 Å². The molecule has 0 saturated carbocycles. The number of ether oxygens (including phenoxy) is 2. The van der Waals surface area contributed by atoms with Gasteiger partial charge in [-0.2, -0.15) is 0 Å². The van der Waals surface area contributed by atoms with Crippen molar-refractivity contribution in [3.63, 3.8) is 0 Å². The van der Waals surface area contributed by atoms with Gasteiger partial charge in [-0.15, -0.1) is 24.8 Å². The van der Waals surface area contributed by atoms with Gasteiger partial charge >= 0.3 is 0 Å². The fourth-order valence-electron chi connectivity index (χ4n) is 3.72. The Labute approximate surface area is 181 Å². The summed E-state index contributed by atoms with van der Waals surface area (Å²) in [6.07, 6.45) is 4.01. The maximum Gasteiger partial charge on any atom is 0.122 e. The zero-order valence-corrected chi connectivity index (χ0v) is 18.3. The Bertz CT molecular complexity index is 714. The molecular weight excluding hydrogens is 395 g/mol. The van der Waals surface area contributed by atoms with Gasteiger partial charge in [0.05, 0.1) is 13.7 Å². The van der Waals surface area contributed by atoms with Crippen molar-refractivity contribution in [2.45, 2.75) is 37.8 Å². The van der Waals surface area contributed by atoms with E-state index in [0.717, 1.165) is 50.3 Å². The van der Waals surface area contributed by atoms with Crippen molar-refractivity contribution >= 4 is 24.8 Å². The van der Waals surface area contributed by atoms with Crippen molar-refractivity contribution in [1.29, 1.82) is 0 Å². The van der Waals surface area contributed by atoms with E-state index in [1.54, 1.807) is 7.11 Å². The molecule has 28 heavy (non-hydrogen) atoms. The van der Waals surface area contributed by atoms with Gasteiger partial charge in [0.2, 0.25) is 0 Å². The molecule has 2 atom stereocenters. The van der Waals surface area contributed by atoms with E-state index in [1.807, 2.05) is 18.2 Å². The molecule has 2 N–H and O–H groups in total. The Kier molecular flexibility index (Phi) is 10.7. The fourth-order valence-corrected chi connectivity index (χ4v) is 3.72. The number of likely N-dealkylation sites (N-methyl/N-ethyl adjacent to an activating group) is 1. The van der Waals surface area contributed by atoms with E-state index in [0.29, 0.717) is 12.1 Å². The summed E-state index contributed by atoms with van der Waals surface area (Å²) in [4.78, 5) is 2.35. The van der Waals surface area contributed by atoms with Gasteiger partial charge in [-0.05, 0) is 62.1 Å². The van der Waals surface area contributed by atoms with Crippen LogP contribution in [0, 0.1) is 0 Å². The van der Waals surface area contributed by atoms with Crippen LogP contribution < -0.4 is 15.2 Å². The van der Waals surface area contributed by atoms with Crippen LogP contribution in [0.15, 0.2) is 48.5 Å². The van der Waals surface area contributed by atoms with Crippen molar-refractivity contribution in [2.24, 2.45) is 5.73 Å². The average molecular weight is 427 g/mol. The van der Waals surface area contributed by atoms with Gasteiger partial charge in [-0.1, -0.05) is 30.3 Å². The molecule has 0 spiro atoms. The van der Waals surface area contributed by atoms with Crippen LogP contribution in [-0.2, 0) is 12.8 Å². The number of hydrogen-bond acceptors (Lipinski definition) is 4. The SMILES string of the molecule is COc1cccc(CCc2ccccc2OCC[C@H]2C[C@@H](N)CN2C)c1.Cl.Cl. The minimum Gasteiger partial charge on any atom is -0.497 e. The first-order chi connectivity index (χ1) is 12.7. The molecule has 0 aromatic heterocycles. The summed E-state index contributed by atoms with van der Waals surface area (Å²) < 4.78 is 11.4. The van der Waals surface area contributed by atoms with Gasteiger partial charge in [0.25, 0.3) is 0 Å². The summed E-state index contributed by atoms with van der Waals surface area (Å²) in [5.74, 6) is 1.91. The normalized spacial score (nSPS) is 18.8. The molecule has 2 aromatic carbocycles. The molecule has 1 aliphatic rings. The number of likely N-dealkylation sites (tertiary alicyclic amines) is 1. The molecule has 2 aromatic rings. The number of halogens is 2. The minimum atomic E-state index is 0. The van der Waals surface area contributed by atoms with Crippen LogP contribution in [-0.4, -0.2) is 44.3 Å². The van der Waals surface area contributed by atoms with Crippen molar-refractivity contribution in [2.75, 3.05) is 27.3 Å². The van der Waals surface area contributed by atoms with Gasteiger partial charge in [0, 0.05) is 18.6 Å². The number of aryl methyl sites for hydroxylation is 2. The summed E-state index contributed by atoms with van der Waals surface area (Å²) in [5, 5.41) is 0. The van der Waals surface area contributed by atoms with E-state index in [4.69, 9.17) is 15.2 Å². The molecule has 156 valence electrons. The van der Waals surface area contributed by atoms with Crippen LogP contribution in [0.25, 0.3) is 0 Å². The van der Waals surface area contributed by atoms with Crippen LogP contribution >= 0.6 is 24.8 Å². The number of nitrogens with zero attached hydrogens (tertiary/aromatic N) is 1. The summed E-state index contributed by atoms with van der Waals surface area (Å²) in [6, 6.07) is 17.5. The standard InChI is InChI=1S/C22H30N2O2.2ClH/c1-24-16-19(23)15-20(24)12-13-26-22-9-4-3-7-18(22)11-10-17-6-5-8-21(14-17)25-2;;/h3-9,14,19-20H,10-13,15-16,23H2,1-2H3;2*1H/t19-,20+;;/m1../s1. The minimum absolute atomic E-state index is 0. The Morgan fingerprint density at radius 3 is 2.57 bits per heavy atom.